The highest BCUT2D eigenvalue weighted by atomic mass is 19.1. The van der Waals surface area contributed by atoms with Crippen LogP contribution in [0.4, 0.5) is 10.1 Å². The third-order valence-corrected chi connectivity index (χ3v) is 7.20. The van der Waals surface area contributed by atoms with Crippen molar-refractivity contribution in [2.45, 2.75) is 26.6 Å². The van der Waals surface area contributed by atoms with Gasteiger partial charge in [-0.25, -0.2) is 4.39 Å². The van der Waals surface area contributed by atoms with Gasteiger partial charge in [-0.2, -0.15) is 4.98 Å². The van der Waals surface area contributed by atoms with Gasteiger partial charge in [0.05, 0.1) is 5.69 Å². The summed E-state index contributed by atoms with van der Waals surface area (Å²) in [6, 6.07) is 28.7. The molecule has 1 fully saturated rings. The summed E-state index contributed by atoms with van der Waals surface area (Å²) in [7, 11) is 0. The second kappa shape index (κ2) is 12.1. The Labute approximate surface area is 223 Å². The van der Waals surface area contributed by atoms with Crippen LogP contribution in [-0.2, 0) is 13.2 Å². The lowest BCUT2D eigenvalue weighted by Crippen LogP contribution is -2.40. The average Bonchev–Trinajstić information content (AvgIpc) is 2.96. The minimum Gasteiger partial charge on any atom is -0.473 e. The fourth-order valence-corrected chi connectivity index (χ4v) is 4.91. The average molecular weight is 513 g/mol. The van der Waals surface area contributed by atoms with Gasteiger partial charge in [-0.15, -0.1) is 0 Å². The highest BCUT2D eigenvalue weighted by molar-refractivity contribution is 5.71. The molecular weight excluding hydrogens is 479 g/mol. The molecule has 196 valence electrons. The maximum absolute atomic E-state index is 15.4. The summed E-state index contributed by atoms with van der Waals surface area (Å²) in [5, 5.41) is 9.57. The number of piperidine rings is 1. The van der Waals surface area contributed by atoms with Crippen molar-refractivity contribution in [2.75, 3.05) is 24.6 Å². The minimum atomic E-state index is -0.282. The molecule has 1 saturated heterocycles. The molecule has 0 bridgehead atoms. The van der Waals surface area contributed by atoms with Gasteiger partial charge in [0.1, 0.15) is 19.0 Å². The van der Waals surface area contributed by atoms with Crippen LogP contribution in [-0.4, -0.2) is 29.8 Å². The molecule has 2 unspecified atom stereocenters. The molecule has 1 aromatic heterocycles. The second-order valence-electron chi connectivity index (χ2n) is 9.87. The molecule has 38 heavy (non-hydrogen) atoms. The van der Waals surface area contributed by atoms with E-state index >= 15 is 4.39 Å². The topological polar surface area (TPSA) is 54.8 Å². The predicted octanol–water partition coefficient (Wildman–Crippen LogP) is 6.50. The van der Waals surface area contributed by atoms with Crippen molar-refractivity contribution < 1.29 is 19.0 Å². The van der Waals surface area contributed by atoms with Crippen LogP contribution in [0.5, 0.6) is 11.8 Å². The van der Waals surface area contributed by atoms with Crippen LogP contribution in [0.3, 0.4) is 0 Å². The molecule has 6 heteroatoms. The van der Waals surface area contributed by atoms with Gasteiger partial charge in [0.2, 0.25) is 11.8 Å². The van der Waals surface area contributed by atoms with E-state index in [0.29, 0.717) is 47.7 Å². The van der Waals surface area contributed by atoms with Crippen LogP contribution in [0.25, 0.3) is 11.1 Å². The zero-order valence-corrected chi connectivity index (χ0v) is 21.6. The molecule has 0 saturated carbocycles. The van der Waals surface area contributed by atoms with Crippen LogP contribution in [0.2, 0.25) is 0 Å². The Hall–Kier alpha value is -3.90. The number of aliphatic hydroxyl groups excluding tert-OH is 1. The van der Waals surface area contributed by atoms with Gasteiger partial charge in [0.15, 0.2) is 0 Å². The zero-order valence-electron chi connectivity index (χ0n) is 21.6. The Kier molecular flexibility index (Phi) is 8.19. The molecule has 2 atom stereocenters. The molecule has 2 heterocycles. The van der Waals surface area contributed by atoms with Crippen molar-refractivity contribution in [2.24, 2.45) is 11.8 Å². The van der Waals surface area contributed by atoms with Gasteiger partial charge < -0.3 is 19.5 Å². The molecule has 3 aromatic carbocycles. The largest absolute Gasteiger partial charge is 0.473 e. The summed E-state index contributed by atoms with van der Waals surface area (Å²) >= 11 is 0. The Balaban J connectivity index is 1.39. The maximum Gasteiger partial charge on any atom is 0.225 e. The highest BCUT2D eigenvalue weighted by Gasteiger charge is 2.27. The number of aliphatic hydroxyl groups is 1. The first-order chi connectivity index (χ1) is 18.6. The summed E-state index contributed by atoms with van der Waals surface area (Å²) < 4.78 is 27.5. The Morgan fingerprint density at radius 3 is 2.21 bits per heavy atom. The molecule has 0 radical (unpaired) electrons. The minimum absolute atomic E-state index is 0.181. The fraction of sp³-hybridized carbons (Fsp3) is 0.281. The number of hydrogen-bond acceptors (Lipinski definition) is 5. The lowest BCUT2D eigenvalue weighted by atomic mass is 9.87. The summed E-state index contributed by atoms with van der Waals surface area (Å²) in [5.41, 5.74) is 4.03. The lowest BCUT2D eigenvalue weighted by molar-refractivity contribution is 0.162. The molecule has 1 aliphatic rings. The van der Waals surface area contributed by atoms with Gasteiger partial charge in [0, 0.05) is 31.3 Å². The highest BCUT2D eigenvalue weighted by Crippen LogP contribution is 2.35. The quantitative estimate of drug-likeness (QED) is 0.277. The fourth-order valence-electron chi connectivity index (χ4n) is 4.91. The first kappa shape index (κ1) is 25.7. The van der Waals surface area contributed by atoms with E-state index in [2.05, 4.69) is 16.8 Å². The molecule has 0 spiro atoms. The van der Waals surface area contributed by atoms with Crippen LogP contribution in [0.15, 0.2) is 91.0 Å². The van der Waals surface area contributed by atoms with E-state index in [-0.39, 0.29) is 18.3 Å². The van der Waals surface area contributed by atoms with Gasteiger partial charge >= 0.3 is 0 Å². The summed E-state index contributed by atoms with van der Waals surface area (Å²) in [4.78, 5) is 6.72. The lowest BCUT2D eigenvalue weighted by Gasteiger charge is -2.37. The first-order valence-corrected chi connectivity index (χ1v) is 13.1. The summed E-state index contributed by atoms with van der Waals surface area (Å²) in [6.45, 7) is 4.47. The van der Waals surface area contributed by atoms with Crippen molar-refractivity contribution >= 4 is 5.69 Å². The van der Waals surface area contributed by atoms with Crippen molar-refractivity contribution in [1.29, 1.82) is 0 Å². The molecule has 1 N–H and O–H groups in total. The van der Waals surface area contributed by atoms with E-state index < -0.39 is 0 Å². The number of rotatable bonds is 9. The molecule has 5 rings (SSSR count). The van der Waals surface area contributed by atoms with Gasteiger partial charge in [-0.1, -0.05) is 73.7 Å². The van der Waals surface area contributed by atoms with E-state index in [0.717, 1.165) is 30.6 Å². The first-order valence-electron chi connectivity index (χ1n) is 13.1. The third-order valence-electron chi connectivity index (χ3n) is 7.20. The van der Waals surface area contributed by atoms with E-state index in [1.807, 2.05) is 78.9 Å². The number of nitrogens with zero attached hydrogens (tertiary/aromatic N) is 2. The van der Waals surface area contributed by atoms with Gasteiger partial charge in [0.25, 0.3) is 0 Å². The third kappa shape index (κ3) is 6.14. The van der Waals surface area contributed by atoms with Crippen molar-refractivity contribution in [3.05, 3.63) is 108 Å². The summed E-state index contributed by atoms with van der Waals surface area (Å²) in [6.07, 6.45) is 0.852. The molecule has 1 aliphatic heterocycles. The standard InChI is InChI=1S/C32H33FN2O3/c1-23-19-35(17-16-27(23)20-36)30-14-12-26(18-29(30)33)28-13-15-31(37-21-24-8-4-2-5-9-24)34-32(28)38-22-25-10-6-3-7-11-25/h2-15,18,23,27,36H,16-17,19-22H2,1H3. The maximum atomic E-state index is 15.4. The number of ether oxygens (including phenoxy) is 2. The number of anilines is 1. The van der Waals surface area contributed by atoms with Crippen LogP contribution < -0.4 is 14.4 Å². The molecule has 4 aromatic rings. The van der Waals surface area contributed by atoms with E-state index in [1.54, 1.807) is 12.1 Å². The Bertz CT molecular complexity index is 1330. The van der Waals surface area contributed by atoms with Crippen LogP contribution in [0, 0.1) is 17.7 Å². The zero-order chi connectivity index (χ0) is 26.3. The molecule has 5 nitrogen and oxygen atoms in total. The van der Waals surface area contributed by atoms with Gasteiger partial charge in [-0.3, -0.25) is 0 Å². The van der Waals surface area contributed by atoms with Crippen LogP contribution >= 0.6 is 0 Å². The number of hydrogen-bond donors (Lipinski definition) is 1. The van der Waals surface area contributed by atoms with E-state index in [4.69, 9.17) is 9.47 Å². The number of benzene rings is 3. The monoisotopic (exact) mass is 512 g/mol. The Morgan fingerprint density at radius 2 is 1.58 bits per heavy atom. The second-order valence-corrected chi connectivity index (χ2v) is 9.87. The molecule has 0 aliphatic carbocycles. The molecule has 0 amide bonds. The Morgan fingerprint density at radius 1 is 0.895 bits per heavy atom. The predicted molar refractivity (Wildman–Crippen MR) is 148 cm³/mol. The number of aromatic nitrogens is 1. The van der Waals surface area contributed by atoms with Crippen LogP contribution in [0.1, 0.15) is 24.5 Å². The number of pyridine rings is 1. The SMILES string of the molecule is CC1CN(c2ccc(-c3ccc(OCc4ccccc4)nc3OCc3ccccc3)cc2F)CCC1CO. The molecular formula is C32H33FN2O3. The smallest absolute Gasteiger partial charge is 0.225 e. The van der Waals surface area contributed by atoms with Crippen molar-refractivity contribution in [3.8, 4) is 22.9 Å². The normalized spacial score (nSPS) is 17.3. The van der Waals surface area contributed by atoms with E-state index in [9.17, 15) is 5.11 Å². The van der Waals surface area contributed by atoms with Crippen molar-refractivity contribution in [3.63, 3.8) is 0 Å². The summed E-state index contributed by atoms with van der Waals surface area (Å²) in [5.74, 6) is 1.13. The van der Waals surface area contributed by atoms with E-state index in [1.165, 1.54) is 0 Å². The van der Waals surface area contributed by atoms with Crippen molar-refractivity contribution in [1.82, 2.24) is 4.98 Å². The number of halogens is 1. The van der Waals surface area contributed by atoms with Gasteiger partial charge in [-0.05, 0) is 53.1 Å².